The number of allylic oxidation sites excluding steroid dienone is 4. The molecular formula is C22H18N2O2. The van der Waals surface area contributed by atoms with Crippen LogP contribution >= 0.6 is 0 Å². The standard InChI is InChI=1S/C22H18N2O2/c1-15-13-19(23-21(25)17-9-5-3-6-10-17)20(14-16(15)2)24-22(26)18-11-7-4-8-12-18/h3-14H,1-2H3. The van der Waals surface area contributed by atoms with Gasteiger partial charge in [-0.1, -0.05) is 36.4 Å². The van der Waals surface area contributed by atoms with E-state index in [1.807, 2.05) is 26.0 Å². The van der Waals surface area contributed by atoms with E-state index in [-0.39, 0.29) is 11.8 Å². The Morgan fingerprint density at radius 1 is 0.615 bits per heavy atom. The van der Waals surface area contributed by atoms with Crippen LogP contribution in [0.25, 0.3) is 0 Å². The predicted octanol–water partition coefficient (Wildman–Crippen LogP) is 4.46. The lowest BCUT2D eigenvalue weighted by molar-refractivity contribution is 0.0993. The Labute approximate surface area is 152 Å². The summed E-state index contributed by atoms with van der Waals surface area (Å²) in [5.74, 6) is -0.727. The maximum atomic E-state index is 12.4. The molecule has 128 valence electrons. The maximum Gasteiger partial charge on any atom is 0.277 e. The summed E-state index contributed by atoms with van der Waals surface area (Å²) < 4.78 is 0. The van der Waals surface area contributed by atoms with E-state index in [9.17, 15) is 9.59 Å². The first-order valence-corrected chi connectivity index (χ1v) is 8.28. The first-order chi connectivity index (χ1) is 12.5. The molecule has 0 saturated heterocycles. The molecule has 0 atom stereocenters. The van der Waals surface area contributed by atoms with Crippen molar-refractivity contribution in [1.82, 2.24) is 0 Å². The maximum absolute atomic E-state index is 12.4. The summed E-state index contributed by atoms with van der Waals surface area (Å²) in [6.07, 6.45) is 3.57. The monoisotopic (exact) mass is 342 g/mol. The minimum atomic E-state index is -0.363. The summed E-state index contributed by atoms with van der Waals surface area (Å²) in [7, 11) is 0. The number of carbonyl (C=O) groups is 2. The number of benzene rings is 2. The van der Waals surface area contributed by atoms with Gasteiger partial charge < -0.3 is 0 Å². The summed E-state index contributed by atoms with van der Waals surface area (Å²) in [5.41, 5.74) is 3.74. The quantitative estimate of drug-likeness (QED) is 0.757. The van der Waals surface area contributed by atoms with Crippen LogP contribution in [-0.4, -0.2) is 23.2 Å². The van der Waals surface area contributed by atoms with Gasteiger partial charge in [0.2, 0.25) is 0 Å². The molecule has 0 radical (unpaired) electrons. The summed E-state index contributed by atoms with van der Waals surface area (Å²) in [5, 5.41) is 0. The van der Waals surface area contributed by atoms with Crippen molar-refractivity contribution < 1.29 is 9.59 Å². The molecule has 0 spiro atoms. The molecule has 2 amide bonds. The van der Waals surface area contributed by atoms with Gasteiger partial charge in [0, 0.05) is 11.1 Å². The van der Waals surface area contributed by atoms with Gasteiger partial charge >= 0.3 is 0 Å². The highest BCUT2D eigenvalue weighted by molar-refractivity contribution is 6.54. The van der Waals surface area contributed by atoms with E-state index in [0.29, 0.717) is 22.6 Å². The van der Waals surface area contributed by atoms with Crippen LogP contribution in [0.15, 0.2) is 93.9 Å². The van der Waals surface area contributed by atoms with E-state index in [1.54, 1.807) is 60.7 Å². The minimum Gasteiger partial charge on any atom is -0.267 e. The second kappa shape index (κ2) is 7.66. The Morgan fingerprint density at radius 3 is 1.31 bits per heavy atom. The average molecular weight is 342 g/mol. The Balaban J connectivity index is 1.99. The zero-order valence-corrected chi connectivity index (χ0v) is 14.6. The van der Waals surface area contributed by atoms with E-state index in [4.69, 9.17) is 0 Å². The number of hydrogen-bond acceptors (Lipinski definition) is 2. The lowest BCUT2D eigenvalue weighted by Crippen LogP contribution is -2.18. The van der Waals surface area contributed by atoms with Gasteiger partial charge in [-0.3, -0.25) is 9.59 Å². The van der Waals surface area contributed by atoms with Crippen LogP contribution in [-0.2, 0) is 0 Å². The Kier molecular flexibility index (Phi) is 5.13. The molecule has 0 N–H and O–H groups in total. The van der Waals surface area contributed by atoms with Gasteiger partial charge in [0.1, 0.15) is 0 Å². The first-order valence-electron chi connectivity index (χ1n) is 8.28. The first kappa shape index (κ1) is 17.4. The van der Waals surface area contributed by atoms with Crippen LogP contribution in [0.2, 0.25) is 0 Å². The predicted molar refractivity (Wildman–Crippen MR) is 104 cm³/mol. The molecule has 0 saturated carbocycles. The number of rotatable bonds is 2. The molecule has 26 heavy (non-hydrogen) atoms. The van der Waals surface area contributed by atoms with E-state index in [1.165, 1.54) is 0 Å². The molecule has 0 unspecified atom stereocenters. The van der Waals surface area contributed by atoms with Gasteiger partial charge in [-0.2, -0.15) is 0 Å². The van der Waals surface area contributed by atoms with Gasteiger partial charge in [0.05, 0.1) is 11.4 Å². The van der Waals surface area contributed by atoms with Crippen LogP contribution in [0.3, 0.4) is 0 Å². The normalized spacial score (nSPS) is 17.0. The fraction of sp³-hybridized carbons (Fsp3) is 0.0909. The van der Waals surface area contributed by atoms with Crippen LogP contribution in [0, 0.1) is 0 Å². The third kappa shape index (κ3) is 3.98. The highest BCUT2D eigenvalue weighted by Gasteiger charge is 2.16. The molecule has 2 aromatic rings. The fourth-order valence-corrected chi connectivity index (χ4v) is 2.47. The van der Waals surface area contributed by atoms with Crippen LogP contribution in [0.5, 0.6) is 0 Å². The van der Waals surface area contributed by atoms with E-state index < -0.39 is 0 Å². The molecule has 2 aromatic carbocycles. The zero-order chi connectivity index (χ0) is 18.5. The van der Waals surface area contributed by atoms with Crippen molar-refractivity contribution in [2.24, 2.45) is 9.98 Å². The van der Waals surface area contributed by atoms with Crippen molar-refractivity contribution in [2.75, 3.05) is 0 Å². The zero-order valence-electron chi connectivity index (χ0n) is 14.6. The number of nitrogens with zero attached hydrogens (tertiary/aromatic N) is 2. The Hall–Kier alpha value is -3.40. The third-order valence-corrected chi connectivity index (χ3v) is 4.08. The molecule has 1 aliphatic carbocycles. The molecular weight excluding hydrogens is 324 g/mol. The number of amides is 2. The Morgan fingerprint density at radius 2 is 0.962 bits per heavy atom. The van der Waals surface area contributed by atoms with Crippen molar-refractivity contribution >= 4 is 23.2 Å². The van der Waals surface area contributed by atoms with Gasteiger partial charge in [0.25, 0.3) is 11.8 Å². The van der Waals surface area contributed by atoms with Gasteiger partial charge in [0.15, 0.2) is 0 Å². The van der Waals surface area contributed by atoms with Crippen molar-refractivity contribution in [3.05, 3.63) is 95.1 Å². The fourth-order valence-electron chi connectivity index (χ4n) is 2.47. The second-order valence-electron chi connectivity index (χ2n) is 5.99. The van der Waals surface area contributed by atoms with E-state index >= 15 is 0 Å². The molecule has 1 aliphatic rings. The van der Waals surface area contributed by atoms with Gasteiger partial charge in [-0.25, -0.2) is 9.98 Å². The lowest BCUT2D eigenvalue weighted by Gasteiger charge is -2.12. The molecule has 0 aromatic heterocycles. The number of carbonyl (C=O) groups excluding carboxylic acids is 2. The van der Waals surface area contributed by atoms with Gasteiger partial charge in [-0.05, 0) is 61.4 Å². The van der Waals surface area contributed by atoms with E-state index in [0.717, 1.165) is 11.1 Å². The third-order valence-electron chi connectivity index (χ3n) is 4.08. The largest absolute Gasteiger partial charge is 0.277 e. The Bertz CT molecular complexity index is 884. The molecule has 0 bridgehead atoms. The van der Waals surface area contributed by atoms with Crippen LogP contribution in [0.4, 0.5) is 0 Å². The smallest absolute Gasteiger partial charge is 0.267 e. The summed E-state index contributed by atoms with van der Waals surface area (Å²) in [6.45, 7) is 3.87. The van der Waals surface area contributed by atoms with E-state index in [2.05, 4.69) is 9.98 Å². The average Bonchev–Trinajstić information content (AvgIpc) is 2.67. The minimum absolute atomic E-state index is 0.363. The van der Waals surface area contributed by atoms with Crippen molar-refractivity contribution in [2.45, 2.75) is 13.8 Å². The molecule has 3 rings (SSSR count). The highest BCUT2D eigenvalue weighted by atomic mass is 16.2. The van der Waals surface area contributed by atoms with Crippen LogP contribution in [0.1, 0.15) is 34.6 Å². The number of hydrogen-bond donors (Lipinski definition) is 0. The summed E-state index contributed by atoms with van der Waals surface area (Å²) in [4.78, 5) is 33.2. The summed E-state index contributed by atoms with van der Waals surface area (Å²) in [6, 6.07) is 17.6. The molecule has 0 fully saturated rings. The van der Waals surface area contributed by atoms with Crippen molar-refractivity contribution in [3.63, 3.8) is 0 Å². The lowest BCUT2D eigenvalue weighted by atomic mass is 9.97. The SMILES string of the molecule is CC1=CC(=NC(=O)c2ccccc2)C(=NC(=O)c2ccccc2)C=C1C. The van der Waals surface area contributed by atoms with Crippen LogP contribution < -0.4 is 0 Å². The molecule has 0 aliphatic heterocycles. The van der Waals surface area contributed by atoms with Crippen molar-refractivity contribution in [1.29, 1.82) is 0 Å². The van der Waals surface area contributed by atoms with Gasteiger partial charge in [-0.15, -0.1) is 0 Å². The topological polar surface area (TPSA) is 58.9 Å². The number of aliphatic imine (C=N–C) groups is 2. The van der Waals surface area contributed by atoms with Crippen molar-refractivity contribution in [3.8, 4) is 0 Å². The highest BCUT2D eigenvalue weighted by Crippen LogP contribution is 2.16. The molecule has 4 heteroatoms. The molecule has 4 nitrogen and oxygen atoms in total. The summed E-state index contributed by atoms with van der Waals surface area (Å²) >= 11 is 0. The second-order valence-corrected chi connectivity index (χ2v) is 5.99. The molecule has 0 heterocycles.